The summed E-state index contributed by atoms with van der Waals surface area (Å²) in [6, 6.07) is 2.33. The van der Waals surface area contributed by atoms with Crippen LogP contribution in [0.2, 0.25) is 0 Å². The van der Waals surface area contributed by atoms with Crippen LogP contribution < -0.4 is 9.80 Å². The first kappa shape index (κ1) is 17.0. The molecule has 0 radical (unpaired) electrons. The van der Waals surface area contributed by atoms with Crippen LogP contribution in [0.4, 0.5) is 11.6 Å². The molecule has 138 valence electrons. The van der Waals surface area contributed by atoms with Gasteiger partial charge in [-0.15, -0.1) is 0 Å². The van der Waals surface area contributed by atoms with Crippen molar-refractivity contribution in [3.8, 4) is 0 Å². The molecule has 1 aromatic heterocycles. The van der Waals surface area contributed by atoms with E-state index in [0.717, 1.165) is 37.7 Å². The van der Waals surface area contributed by atoms with E-state index in [1.165, 1.54) is 45.1 Å². The topological polar surface area (TPSA) is 55.7 Å². The molecule has 3 fully saturated rings. The van der Waals surface area contributed by atoms with Crippen molar-refractivity contribution in [2.24, 2.45) is 0 Å². The Morgan fingerprint density at radius 1 is 1.04 bits per heavy atom. The molecule has 1 unspecified atom stereocenters. The molecule has 4 heterocycles. The van der Waals surface area contributed by atoms with Gasteiger partial charge in [0.05, 0.1) is 12.6 Å². The SMILES string of the molecule is CN1CCCC12CCN(c1cc(N3CCCCC3CO)ncn1)CC2. The average Bonchev–Trinajstić information content (AvgIpc) is 3.02. The summed E-state index contributed by atoms with van der Waals surface area (Å²) in [5, 5.41) is 9.68. The lowest BCUT2D eigenvalue weighted by molar-refractivity contribution is 0.137. The summed E-state index contributed by atoms with van der Waals surface area (Å²) in [6.45, 7) is 4.58. The van der Waals surface area contributed by atoms with Crippen molar-refractivity contribution in [2.75, 3.05) is 49.6 Å². The van der Waals surface area contributed by atoms with Gasteiger partial charge >= 0.3 is 0 Å². The highest BCUT2D eigenvalue weighted by atomic mass is 16.3. The number of piperidine rings is 2. The molecule has 3 aliphatic heterocycles. The zero-order valence-corrected chi connectivity index (χ0v) is 15.4. The number of hydrogen-bond donors (Lipinski definition) is 1. The fourth-order valence-electron chi connectivity index (χ4n) is 5.02. The smallest absolute Gasteiger partial charge is 0.134 e. The van der Waals surface area contributed by atoms with E-state index in [-0.39, 0.29) is 12.6 Å². The lowest BCUT2D eigenvalue weighted by Crippen LogP contribution is -2.51. The van der Waals surface area contributed by atoms with Crippen LogP contribution in [0.1, 0.15) is 44.9 Å². The zero-order chi connectivity index (χ0) is 17.3. The van der Waals surface area contributed by atoms with Gasteiger partial charge in [0.15, 0.2) is 0 Å². The minimum Gasteiger partial charge on any atom is -0.394 e. The molecule has 6 heteroatoms. The third kappa shape index (κ3) is 3.22. The molecule has 3 saturated heterocycles. The van der Waals surface area contributed by atoms with Crippen molar-refractivity contribution in [1.29, 1.82) is 0 Å². The van der Waals surface area contributed by atoms with E-state index in [0.29, 0.717) is 5.54 Å². The van der Waals surface area contributed by atoms with Crippen LogP contribution in [-0.4, -0.2) is 71.4 Å². The summed E-state index contributed by atoms with van der Waals surface area (Å²) in [4.78, 5) is 16.3. The predicted molar refractivity (Wildman–Crippen MR) is 100 cm³/mol. The molecule has 1 N–H and O–H groups in total. The van der Waals surface area contributed by atoms with Gasteiger partial charge in [-0.3, -0.25) is 0 Å². The van der Waals surface area contributed by atoms with Gasteiger partial charge in [-0.1, -0.05) is 0 Å². The molecule has 1 aromatic rings. The third-order valence-corrected chi connectivity index (χ3v) is 6.73. The van der Waals surface area contributed by atoms with E-state index < -0.39 is 0 Å². The largest absolute Gasteiger partial charge is 0.394 e. The van der Waals surface area contributed by atoms with Crippen molar-refractivity contribution in [3.63, 3.8) is 0 Å². The maximum atomic E-state index is 9.68. The molecule has 4 rings (SSSR count). The zero-order valence-electron chi connectivity index (χ0n) is 15.4. The molecule has 1 atom stereocenters. The van der Waals surface area contributed by atoms with Crippen LogP contribution in [-0.2, 0) is 0 Å². The minimum absolute atomic E-state index is 0.202. The highest BCUT2D eigenvalue weighted by Gasteiger charge is 2.41. The van der Waals surface area contributed by atoms with E-state index in [2.05, 4.69) is 37.8 Å². The van der Waals surface area contributed by atoms with Crippen LogP contribution >= 0.6 is 0 Å². The minimum atomic E-state index is 0.202. The standard InChI is InChI=1S/C19H31N5O/c1-22-9-4-6-19(22)7-11-23(12-8-19)17-13-18(21-15-20-17)24-10-3-2-5-16(24)14-25/h13,15-16,25H,2-12,14H2,1H3. The van der Waals surface area contributed by atoms with E-state index in [4.69, 9.17) is 0 Å². The molecule has 1 spiro atoms. The van der Waals surface area contributed by atoms with E-state index in [9.17, 15) is 5.11 Å². The van der Waals surface area contributed by atoms with E-state index in [1.54, 1.807) is 6.33 Å². The Hall–Kier alpha value is -1.40. The van der Waals surface area contributed by atoms with Crippen LogP contribution in [0.15, 0.2) is 12.4 Å². The highest BCUT2D eigenvalue weighted by Crippen LogP contribution is 2.38. The normalized spacial score (nSPS) is 27.2. The maximum Gasteiger partial charge on any atom is 0.134 e. The second kappa shape index (κ2) is 7.08. The molecule has 0 saturated carbocycles. The lowest BCUT2D eigenvalue weighted by atomic mass is 9.85. The molecule has 0 bridgehead atoms. The maximum absolute atomic E-state index is 9.68. The summed E-state index contributed by atoms with van der Waals surface area (Å²) < 4.78 is 0. The number of likely N-dealkylation sites (tertiary alicyclic amines) is 1. The monoisotopic (exact) mass is 345 g/mol. The fraction of sp³-hybridized carbons (Fsp3) is 0.789. The van der Waals surface area contributed by atoms with Gasteiger partial charge < -0.3 is 19.8 Å². The van der Waals surface area contributed by atoms with Crippen molar-refractivity contribution in [3.05, 3.63) is 12.4 Å². The predicted octanol–water partition coefficient (Wildman–Crippen LogP) is 1.89. The first-order chi connectivity index (χ1) is 12.2. The summed E-state index contributed by atoms with van der Waals surface area (Å²) in [5.74, 6) is 2.02. The number of aliphatic hydroxyl groups is 1. The van der Waals surface area contributed by atoms with Crippen LogP contribution in [0, 0.1) is 0 Å². The Kier molecular flexibility index (Phi) is 4.82. The van der Waals surface area contributed by atoms with Gasteiger partial charge in [0.25, 0.3) is 0 Å². The van der Waals surface area contributed by atoms with Gasteiger partial charge in [0, 0.05) is 31.2 Å². The Bertz CT molecular complexity index is 587. The average molecular weight is 345 g/mol. The number of nitrogens with zero attached hydrogens (tertiary/aromatic N) is 5. The van der Waals surface area contributed by atoms with Gasteiger partial charge in [0.2, 0.25) is 0 Å². The second-order valence-electron chi connectivity index (χ2n) is 8.00. The summed E-state index contributed by atoms with van der Waals surface area (Å²) in [5.41, 5.74) is 0.432. The molecule has 3 aliphatic rings. The Morgan fingerprint density at radius 2 is 1.84 bits per heavy atom. The second-order valence-corrected chi connectivity index (χ2v) is 8.00. The molecule has 0 aromatic carbocycles. The lowest BCUT2D eigenvalue weighted by Gasteiger charge is -2.44. The molecule has 0 amide bonds. The van der Waals surface area contributed by atoms with Crippen LogP contribution in [0.25, 0.3) is 0 Å². The Balaban J connectivity index is 1.47. The summed E-state index contributed by atoms with van der Waals surface area (Å²) >= 11 is 0. The first-order valence-electron chi connectivity index (χ1n) is 9.88. The fourth-order valence-corrected chi connectivity index (χ4v) is 5.02. The number of hydrogen-bond acceptors (Lipinski definition) is 6. The van der Waals surface area contributed by atoms with E-state index in [1.807, 2.05) is 0 Å². The summed E-state index contributed by atoms with van der Waals surface area (Å²) in [6.07, 6.45) is 10.3. The molecule has 6 nitrogen and oxygen atoms in total. The third-order valence-electron chi connectivity index (χ3n) is 6.73. The molecule has 0 aliphatic carbocycles. The van der Waals surface area contributed by atoms with Crippen molar-refractivity contribution in [2.45, 2.75) is 56.5 Å². The van der Waals surface area contributed by atoms with Crippen molar-refractivity contribution in [1.82, 2.24) is 14.9 Å². The molecular formula is C19H31N5O. The molecule has 25 heavy (non-hydrogen) atoms. The van der Waals surface area contributed by atoms with Crippen LogP contribution in [0.5, 0.6) is 0 Å². The Morgan fingerprint density at radius 3 is 2.56 bits per heavy atom. The molecular weight excluding hydrogens is 314 g/mol. The van der Waals surface area contributed by atoms with Gasteiger partial charge in [-0.05, 0) is 58.5 Å². The highest BCUT2D eigenvalue weighted by molar-refractivity contribution is 5.51. The summed E-state index contributed by atoms with van der Waals surface area (Å²) in [7, 11) is 2.29. The number of rotatable bonds is 3. The first-order valence-corrected chi connectivity index (χ1v) is 9.88. The van der Waals surface area contributed by atoms with Crippen molar-refractivity contribution < 1.29 is 5.11 Å². The Labute approximate surface area is 150 Å². The van der Waals surface area contributed by atoms with Gasteiger partial charge in [-0.2, -0.15) is 0 Å². The van der Waals surface area contributed by atoms with Gasteiger partial charge in [-0.25, -0.2) is 9.97 Å². The number of aliphatic hydroxyl groups excluding tert-OH is 1. The van der Waals surface area contributed by atoms with Crippen LogP contribution in [0.3, 0.4) is 0 Å². The quantitative estimate of drug-likeness (QED) is 0.903. The van der Waals surface area contributed by atoms with Crippen molar-refractivity contribution >= 4 is 11.6 Å². The number of anilines is 2. The van der Waals surface area contributed by atoms with Gasteiger partial charge in [0.1, 0.15) is 18.0 Å². The van der Waals surface area contributed by atoms with E-state index >= 15 is 0 Å². The number of aromatic nitrogens is 2.